The van der Waals surface area contributed by atoms with Gasteiger partial charge in [0.05, 0.1) is 17.4 Å². The van der Waals surface area contributed by atoms with E-state index in [1.807, 2.05) is 17.5 Å². The van der Waals surface area contributed by atoms with Gasteiger partial charge in [0.25, 0.3) is 0 Å². The standard InChI is InChI=1S/C17H20N2O4S2/c20-17(11-15-4-2-10-24-15)19-13-5-7-16(8-6-13)25(21,22)18-12-14-3-1-9-23-14/h2,4-8,10,14,18H,1,3,9,11-12H2,(H,19,20). The van der Waals surface area contributed by atoms with Gasteiger partial charge in [-0.1, -0.05) is 6.07 Å². The van der Waals surface area contributed by atoms with Gasteiger partial charge in [-0.3, -0.25) is 4.79 Å². The molecule has 1 aliphatic rings. The first-order chi connectivity index (χ1) is 12.0. The van der Waals surface area contributed by atoms with Crippen LogP contribution in [-0.2, 0) is 26.0 Å². The van der Waals surface area contributed by atoms with Crippen LogP contribution in [0.2, 0.25) is 0 Å². The fourth-order valence-electron chi connectivity index (χ4n) is 2.59. The summed E-state index contributed by atoms with van der Waals surface area (Å²) in [5.74, 6) is -0.130. The highest BCUT2D eigenvalue weighted by Crippen LogP contribution is 2.16. The molecule has 0 spiro atoms. The first-order valence-electron chi connectivity index (χ1n) is 8.06. The monoisotopic (exact) mass is 380 g/mol. The molecule has 2 N–H and O–H groups in total. The van der Waals surface area contributed by atoms with Crippen LogP contribution in [0.25, 0.3) is 0 Å². The van der Waals surface area contributed by atoms with Crippen LogP contribution in [0.1, 0.15) is 17.7 Å². The summed E-state index contributed by atoms with van der Waals surface area (Å²) in [5.41, 5.74) is 0.569. The maximum Gasteiger partial charge on any atom is 0.240 e. The fraction of sp³-hybridized carbons (Fsp3) is 0.353. The lowest BCUT2D eigenvalue weighted by molar-refractivity contribution is -0.115. The molecule has 1 fully saturated rings. The van der Waals surface area contributed by atoms with Gasteiger partial charge in [0.2, 0.25) is 15.9 Å². The van der Waals surface area contributed by atoms with Crippen molar-refractivity contribution in [3.05, 3.63) is 46.7 Å². The molecule has 3 rings (SSSR count). The Morgan fingerprint density at radius 3 is 2.68 bits per heavy atom. The number of sulfonamides is 1. The minimum Gasteiger partial charge on any atom is -0.377 e. The summed E-state index contributed by atoms with van der Waals surface area (Å²) in [6.07, 6.45) is 2.09. The topological polar surface area (TPSA) is 84.5 Å². The van der Waals surface area contributed by atoms with Crippen molar-refractivity contribution in [2.75, 3.05) is 18.5 Å². The quantitative estimate of drug-likeness (QED) is 0.772. The maximum atomic E-state index is 12.3. The van der Waals surface area contributed by atoms with Gasteiger partial charge in [-0.2, -0.15) is 0 Å². The summed E-state index contributed by atoms with van der Waals surface area (Å²) < 4.78 is 32.5. The summed E-state index contributed by atoms with van der Waals surface area (Å²) in [7, 11) is -3.58. The van der Waals surface area contributed by atoms with Crippen LogP contribution in [-0.4, -0.2) is 33.6 Å². The van der Waals surface area contributed by atoms with E-state index in [9.17, 15) is 13.2 Å². The highest BCUT2D eigenvalue weighted by Gasteiger charge is 2.20. The van der Waals surface area contributed by atoms with Crippen LogP contribution in [0.3, 0.4) is 0 Å². The molecule has 8 heteroatoms. The number of benzene rings is 1. The normalized spacial score (nSPS) is 17.5. The highest BCUT2D eigenvalue weighted by atomic mass is 32.2. The zero-order chi connectivity index (χ0) is 17.7. The number of hydrogen-bond acceptors (Lipinski definition) is 5. The molecule has 0 bridgehead atoms. The zero-order valence-electron chi connectivity index (χ0n) is 13.6. The summed E-state index contributed by atoms with van der Waals surface area (Å²) in [6.45, 7) is 0.966. The number of carbonyl (C=O) groups is 1. The second-order valence-corrected chi connectivity index (χ2v) is 8.61. The third kappa shape index (κ3) is 5.12. The number of rotatable bonds is 7. The second-order valence-electron chi connectivity index (χ2n) is 5.82. The molecule has 1 unspecified atom stereocenters. The number of nitrogens with one attached hydrogen (secondary N) is 2. The van der Waals surface area contributed by atoms with E-state index < -0.39 is 10.0 Å². The molecule has 0 saturated carbocycles. The molecule has 1 aromatic heterocycles. The Hall–Kier alpha value is -1.74. The van der Waals surface area contributed by atoms with Crippen LogP contribution in [0.5, 0.6) is 0 Å². The predicted octanol–water partition coefficient (Wildman–Crippen LogP) is 2.39. The van der Waals surface area contributed by atoms with Crippen molar-refractivity contribution in [2.24, 2.45) is 0 Å². The van der Waals surface area contributed by atoms with Crippen LogP contribution < -0.4 is 10.0 Å². The lowest BCUT2D eigenvalue weighted by Crippen LogP contribution is -2.31. The Kier molecular flexibility index (Phi) is 5.85. The van der Waals surface area contributed by atoms with E-state index in [4.69, 9.17) is 4.74 Å². The van der Waals surface area contributed by atoms with Gasteiger partial charge >= 0.3 is 0 Å². The van der Waals surface area contributed by atoms with Gasteiger partial charge in [0, 0.05) is 23.7 Å². The minimum absolute atomic E-state index is 0.0504. The van der Waals surface area contributed by atoms with E-state index in [-0.39, 0.29) is 23.5 Å². The van der Waals surface area contributed by atoms with Crippen LogP contribution in [0, 0.1) is 0 Å². The number of amides is 1. The third-order valence-corrected chi connectivity index (χ3v) is 6.20. The number of hydrogen-bond donors (Lipinski definition) is 2. The summed E-state index contributed by atoms with van der Waals surface area (Å²) in [4.78, 5) is 13.1. The zero-order valence-corrected chi connectivity index (χ0v) is 15.2. The molecule has 2 aromatic rings. The van der Waals surface area contributed by atoms with Gasteiger partial charge in [0.15, 0.2) is 0 Å². The van der Waals surface area contributed by atoms with Gasteiger partial charge in [-0.25, -0.2) is 13.1 Å². The molecule has 0 radical (unpaired) electrons. The summed E-state index contributed by atoms with van der Waals surface area (Å²) >= 11 is 1.52. The second kappa shape index (κ2) is 8.09. The van der Waals surface area contributed by atoms with Crippen molar-refractivity contribution in [2.45, 2.75) is 30.3 Å². The van der Waals surface area contributed by atoms with Crippen molar-refractivity contribution >= 4 is 33.0 Å². The van der Waals surface area contributed by atoms with Crippen molar-refractivity contribution < 1.29 is 17.9 Å². The van der Waals surface area contributed by atoms with Crippen molar-refractivity contribution in [1.82, 2.24) is 4.72 Å². The Morgan fingerprint density at radius 2 is 2.04 bits per heavy atom. The van der Waals surface area contributed by atoms with E-state index in [1.54, 1.807) is 12.1 Å². The largest absolute Gasteiger partial charge is 0.377 e. The molecule has 1 aliphatic heterocycles. The minimum atomic E-state index is -3.58. The molecule has 25 heavy (non-hydrogen) atoms. The van der Waals surface area contributed by atoms with Crippen LogP contribution in [0.15, 0.2) is 46.7 Å². The van der Waals surface area contributed by atoms with Crippen molar-refractivity contribution in [1.29, 1.82) is 0 Å². The Morgan fingerprint density at radius 1 is 1.24 bits per heavy atom. The summed E-state index contributed by atoms with van der Waals surface area (Å²) in [6, 6.07) is 9.95. The van der Waals surface area contributed by atoms with Crippen LogP contribution in [0.4, 0.5) is 5.69 Å². The van der Waals surface area contributed by atoms with Crippen molar-refractivity contribution in [3.8, 4) is 0 Å². The van der Waals surface area contributed by atoms with Gasteiger partial charge in [0.1, 0.15) is 0 Å². The number of ether oxygens (including phenoxy) is 1. The van der Waals surface area contributed by atoms with Gasteiger partial charge < -0.3 is 10.1 Å². The lowest BCUT2D eigenvalue weighted by Gasteiger charge is -2.12. The smallest absolute Gasteiger partial charge is 0.240 e. The number of anilines is 1. The molecule has 1 amide bonds. The fourth-order valence-corrected chi connectivity index (χ4v) is 4.36. The third-order valence-electron chi connectivity index (χ3n) is 3.89. The average Bonchev–Trinajstić information content (AvgIpc) is 3.27. The first-order valence-corrected chi connectivity index (χ1v) is 10.4. The average molecular weight is 380 g/mol. The molecular weight excluding hydrogens is 360 g/mol. The van der Waals surface area contributed by atoms with E-state index in [0.29, 0.717) is 18.7 Å². The molecule has 6 nitrogen and oxygen atoms in total. The number of carbonyl (C=O) groups excluding carboxylic acids is 1. The van der Waals surface area contributed by atoms with E-state index in [1.165, 1.54) is 23.5 Å². The predicted molar refractivity (Wildman–Crippen MR) is 97.3 cm³/mol. The number of thiophene rings is 1. The first kappa shape index (κ1) is 18.1. The molecule has 134 valence electrons. The molecule has 0 aliphatic carbocycles. The highest BCUT2D eigenvalue weighted by molar-refractivity contribution is 7.89. The Bertz CT molecular complexity index is 796. The molecular formula is C17H20N2O4S2. The van der Waals surface area contributed by atoms with E-state index in [2.05, 4.69) is 10.0 Å². The van der Waals surface area contributed by atoms with Gasteiger partial charge in [-0.05, 0) is 48.6 Å². The SMILES string of the molecule is O=C(Cc1cccs1)Nc1ccc(S(=O)(=O)NCC2CCCO2)cc1. The van der Waals surface area contributed by atoms with Crippen LogP contribution >= 0.6 is 11.3 Å². The summed E-state index contributed by atoms with van der Waals surface area (Å²) in [5, 5.41) is 4.69. The molecule has 2 heterocycles. The Labute approximate surface area is 151 Å². The van der Waals surface area contributed by atoms with Crippen molar-refractivity contribution in [3.63, 3.8) is 0 Å². The van der Waals surface area contributed by atoms with Gasteiger partial charge in [-0.15, -0.1) is 11.3 Å². The molecule has 1 atom stereocenters. The van der Waals surface area contributed by atoms with E-state index >= 15 is 0 Å². The molecule has 1 aromatic carbocycles. The van der Waals surface area contributed by atoms with E-state index in [0.717, 1.165) is 17.7 Å². The lowest BCUT2D eigenvalue weighted by atomic mass is 10.2. The maximum absolute atomic E-state index is 12.3. The molecule has 1 saturated heterocycles. The Balaban J connectivity index is 1.56.